The number of halogens is 9. The van der Waals surface area contributed by atoms with E-state index < -0.39 is 56.0 Å². The number of benzene rings is 1. The summed E-state index contributed by atoms with van der Waals surface area (Å²) in [5, 5.41) is 3.47. The number of alkyl halides is 6. The molecule has 1 aliphatic carbocycles. The first-order valence-corrected chi connectivity index (χ1v) is 13.7. The van der Waals surface area contributed by atoms with Gasteiger partial charge in [0.2, 0.25) is 5.91 Å². The molecule has 2 aromatic rings. The van der Waals surface area contributed by atoms with Crippen molar-refractivity contribution in [3.63, 3.8) is 0 Å². The number of rotatable bonds is 6. The molecule has 2 aliphatic rings. The van der Waals surface area contributed by atoms with E-state index in [-0.39, 0.29) is 31.2 Å². The minimum Gasteiger partial charge on any atom is -0.345 e. The molecule has 0 radical (unpaired) electrons. The van der Waals surface area contributed by atoms with E-state index in [0.717, 1.165) is 36.3 Å². The van der Waals surface area contributed by atoms with Gasteiger partial charge in [-0.3, -0.25) is 14.6 Å². The number of hydrogen-bond donors (Lipinski definition) is 2. The van der Waals surface area contributed by atoms with E-state index in [1.165, 1.54) is 0 Å². The van der Waals surface area contributed by atoms with Gasteiger partial charge in [-0.05, 0) is 54.5 Å². The van der Waals surface area contributed by atoms with Crippen molar-refractivity contribution in [3.05, 3.63) is 53.6 Å². The summed E-state index contributed by atoms with van der Waals surface area (Å²) in [4.78, 5) is 29.4. The van der Waals surface area contributed by atoms with Gasteiger partial charge in [0, 0.05) is 6.42 Å². The van der Waals surface area contributed by atoms with Crippen molar-refractivity contribution in [1.29, 1.82) is 0 Å². The van der Waals surface area contributed by atoms with Crippen LogP contribution in [-0.2, 0) is 28.0 Å². The van der Waals surface area contributed by atoms with Gasteiger partial charge in [-0.1, -0.05) is 34.8 Å². The number of amides is 2. The van der Waals surface area contributed by atoms with Crippen LogP contribution >= 0.6 is 46.1 Å². The number of hydrogen-bond acceptors (Lipinski definition) is 5. The number of nitrogens with one attached hydrogen (secondary N) is 2. The lowest BCUT2D eigenvalue weighted by atomic mass is 9.84. The number of ether oxygens (including phenoxy) is 1. The zero-order chi connectivity index (χ0) is 29.5. The van der Waals surface area contributed by atoms with Gasteiger partial charge in [0.25, 0.3) is 5.91 Å². The molecule has 1 aromatic heterocycles. The van der Waals surface area contributed by atoms with E-state index in [1.54, 1.807) is 5.32 Å². The highest BCUT2D eigenvalue weighted by Gasteiger charge is 2.59. The Balaban J connectivity index is 1.65. The van der Waals surface area contributed by atoms with Crippen molar-refractivity contribution in [3.8, 4) is 0 Å². The van der Waals surface area contributed by atoms with Crippen LogP contribution in [0.1, 0.15) is 50.5 Å². The lowest BCUT2D eigenvalue weighted by molar-refractivity contribution is -0.284. The van der Waals surface area contributed by atoms with E-state index in [9.17, 15) is 35.9 Å². The fraction of sp³-hybridized carbons (Fsp3) is 0.458. The quantitative estimate of drug-likeness (QED) is 0.273. The highest BCUT2D eigenvalue weighted by Crippen LogP contribution is 2.50. The van der Waals surface area contributed by atoms with E-state index in [2.05, 4.69) is 10.3 Å². The molecule has 2 amide bonds. The van der Waals surface area contributed by atoms with E-state index in [0.29, 0.717) is 28.8 Å². The van der Waals surface area contributed by atoms with Crippen LogP contribution in [0.4, 0.5) is 26.3 Å². The topological polar surface area (TPSA) is 79.8 Å². The molecular weight excluding hydrogens is 631 g/mol. The average Bonchev–Trinajstić information content (AvgIpc) is 3.28. The SMILES string of the molecule is O=C(CNC(=O)c1sc(C2=NCOC(c3cc(Cl)c(Cl)c(Cl)c3)(C(F)(F)F)C2)c2c1CCCC2)NCC(F)(F)F. The van der Waals surface area contributed by atoms with Crippen LogP contribution in [0.5, 0.6) is 0 Å². The van der Waals surface area contributed by atoms with Gasteiger partial charge in [0.1, 0.15) is 13.3 Å². The zero-order valence-electron chi connectivity index (χ0n) is 20.3. The molecule has 218 valence electrons. The molecule has 0 spiro atoms. The first-order chi connectivity index (χ1) is 18.6. The second-order valence-electron chi connectivity index (χ2n) is 9.13. The number of nitrogens with zero attached hydrogens (tertiary/aromatic N) is 1. The van der Waals surface area contributed by atoms with Crippen molar-refractivity contribution in [2.75, 3.05) is 19.8 Å². The Morgan fingerprint density at radius 2 is 1.62 bits per heavy atom. The first-order valence-electron chi connectivity index (χ1n) is 11.8. The first kappa shape index (κ1) is 30.9. The third kappa shape index (κ3) is 6.38. The van der Waals surface area contributed by atoms with Crippen LogP contribution in [0.25, 0.3) is 0 Å². The van der Waals surface area contributed by atoms with Gasteiger partial charge in [-0.15, -0.1) is 11.3 Å². The number of fused-ring (bicyclic) bond motifs is 1. The Kier molecular flexibility index (Phi) is 9.01. The molecule has 0 saturated carbocycles. The third-order valence-corrected chi connectivity index (χ3v) is 8.99. The fourth-order valence-corrected chi connectivity index (χ4v) is 6.50. The summed E-state index contributed by atoms with van der Waals surface area (Å²) < 4.78 is 86.2. The maximum atomic E-state index is 14.7. The molecule has 0 bridgehead atoms. The van der Waals surface area contributed by atoms with Crippen LogP contribution in [0, 0.1) is 0 Å². The lowest BCUT2D eigenvalue weighted by Crippen LogP contribution is -2.48. The van der Waals surface area contributed by atoms with Crippen molar-refractivity contribution < 1.29 is 40.7 Å². The predicted octanol–water partition coefficient (Wildman–Crippen LogP) is 6.62. The Labute approximate surface area is 243 Å². The standard InChI is InChI=1S/C24H20Cl3F6N3O3S/c25-14-5-11(6-15(26)18(14)27)22(24(31,32)33)7-16(36-10-39-22)19-12-3-1-2-4-13(12)20(40-19)21(38)34-8-17(37)35-9-23(28,29)30/h5-6H,1-4,7-10H2,(H,34,38)(H,35,37). The highest BCUT2D eigenvalue weighted by molar-refractivity contribution is 7.16. The molecule has 2 heterocycles. The molecule has 6 nitrogen and oxygen atoms in total. The lowest BCUT2D eigenvalue weighted by Gasteiger charge is -2.38. The molecular formula is C24H20Cl3F6N3O3S. The van der Waals surface area contributed by atoms with Crippen LogP contribution in [0.3, 0.4) is 0 Å². The van der Waals surface area contributed by atoms with E-state index in [1.807, 2.05) is 0 Å². The van der Waals surface area contributed by atoms with Crippen molar-refractivity contribution in [2.24, 2.45) is 4.99 Å². The minimum absolute atomic E-state index is 0.0656. The zero-order valence-corrected chi connectivity index (χ0v) is 23.4. The molecule has 0 fully saturated rings. The number of thiophene rings is 1. The molecule has 1 aromatic carbocycles. The predicted molar refractivity (Wildman–Crippen MR) is 139 cm³/mol. The molecule has 40 heavy (non-hydrogen) atoms. The Bertz CT molecular complexity index is 1340. The van der Waals surface area contributed by atoms with E-state index in [4.69, 9.17) is 39.5 Å². The van der Waals surface area contributed by atoms with Crippen LogP contribution in [-0.4, -0.2) is 49.7 Å². The van der Waals surface area contributed by atoms with Crippen LogP contribution < -0.4 is 10.6 Å². The van der Waals surface area contributed by atoms with Gasteiger partial charge in [-0.2, -0.15) is 26.3 Å². The van der Waals surface area contributed by atoms with Gasteiger partial charge in [0.15, 0.2) is 5.60 Å². The fourth-order valence-electron chi connectivity index (χ4n) is 4.59. The van der Waals surface area contributed by atoms with Crippen LogP contribution in [0.2, 0.25) is 15.1 Å². The van der Waals surface area contributed by atoms with E-state index >= 15 is 0 Å². The molecule has 4 rings (SSSR count). The molecule has 1 aliphatic heterocycles. The van der Waals surface area contributed by atoms with Gasteiger partial charge < -0.3 is 15.4 Å². The maximum Gasteiger partial charge on any atom is 0.422 e. The third-order valence-electron chi connectivity index (χ3n) is 6.47. The smallest absolute Gasteiger partial charge is 0.345 e. The van der Waals surface area contributed by atoms with Crippen molar-refractivity contribution >= 4 is 63.7 Å². The van der Waals surface area contributed by atoms with Crippen LogP contribution in [0.15, 0.2) is 17.1 Å². The number of aliphatic imine (C=N–C) groups is 1. The number of carbonyl (C=O) groups excluding carboxylic acids is 2. The summed E-state index contributed by atoms with van der Waals surface area (Å²) in [7, 11) is 0. The highest BCUT2D eigenvalue weighted by atomic mass is 35.5. The summed E-state index contributed by atoms with van der Waals surface area (Å²) in [6.45, 7) is -2.89. The van der Waals surface area contributed by atoms with Gasteiger partial charge in [-0.25, -0.2) is 0 Å². The van der Waals surface area contributed by atoms with Gasteiger partial charge >= 0.3 is 12.4 Å². The summed E-state index contributed by atoms with van der Waals surface area (Å²) >= 11 is 18.9. The summed E-state index contributed by atoms with van der Waals surface area (Å²) in [6, 6.07) is 2.08. The average molecular weight is 651 g/mol. The van der Waals surface area contributed by atoms with Gasteiger partial charge in [0.05, 0.1) is 37.1 Å². The summed E-state index contributed by atoms with van der Waals surface area (Å²) in [5.74, 6) is -1.76. The molecule has 0 saturated heterocycles. The second kappa shape index (κ2) is 11.7. The monoisotopic (exact) mass is 649 g/mol. The second-order valence-corrected chi connectivity index (χ2v) is 11.3. The Hall–Kier alpha value is -2.06. The number of carbonyl (C=O) groups is 2. The molecule has 16 heteroatoms. The Morgan fingerprint density at radius 3 is 2.23 bits per heavy atom. The van der Waals surface area contributed by atoms with Crippen molar-refractivity contribution in [2.45, 2.75) is 50.1 Å². The molecule has 2 N–H and O–H groups in total. The summed E-state index contributed by atoms with van der Waals surface area (Å²) in [6.07, 6.45) is -7.87. The van der Waals surface area contributed by atoms with Crippen molar-refractivity contribution in [1.82, 2.24) is 10.6 Å². The Morgan fingerprint density at radius 1 is 1.00 bits per heavy atom. The molecule has 1 unspecified atom stereocenters. The normalized spacial score (nSPS) is 19.6. The summed E-state index contributed by atoms with van der Waals surface area (Å²) in [5.41, 5.74) is -1.86. The largest absolute Gasteiger partial charge is 0.422 e. The minimum atomic E-state index is -4.92. The molecule has 1 atom stereocenters. The maximum absolute atomic E-state index is 14.7.